The van der Waals surface area contributed by atoms with E-state index in [0.29, 0.717) is 0 Å². The van der Waals surface area contributed by atoms with Gasteiger partial charge in [-0.15, -0.1) is 0 Å². The molecule has 52 valence electrons. The molecule has 0 unspecified atom stereocenters. The van der Waals surface area contributed by atoms with Gasteiger partial charge in [0, 0.05) is 6.08 Å². The zero-order valence-electron chi connectivity index (χ0n) is 3.97. The predicted octanol–water partition coefficient (Wildman–Crippen LogP) is 2.12. The van der Waals surface area contributed by atoms with Crippen LogP contribution in [0, 0.1) is 0 Å². The van der Waals surface area contributed by atoms with E-state index >= 15 is 0 Å². The van der Waals surface area contributed by atoms with Crippen LogP contribution in [0.3, 0.4) is 0 Å². The topological polar surface area (TPSA) is 0 Å². The summed E-state index contributed by atoms with van der Waals surface area (Å²) in [6.07, 6.45) is -0.396. The van der Waals surface area contributed by atoms with Crippen molar-refractivity contribution in [1.82, 2.24) is 0 Å². The lowest BCUT2D eigenvalue weighted by Crippen LogP contribution is -2.47. The van der Waals surface area contributed by atoms with Crippen LogP contribution in [0.25, 0.3) is 0 Å². The Bertz CT molecular complexity index is 168. The fraction of sp³-hybridized carbons (Fsp3) is 0.500. The number of halogens is 5. The summed E-state index contributed by atoms with van der Waals surface area (Å²) in [6, 6.07) is 0. The minimum atomic E-state index is -4.56. The van der Waals surface area contributed by atoms with Gasteiger partial charge in [0.1, 0.15) is 0 Å². The second kappa shape index (κ2) is 1.27. The maximum Gasteiger partial charge on any atom is 0.364 e. The van der Waals surface area contributed by atoms with Crippen molar-refractivity contribution >= 4 is 0 Å². The number of hydrogen-bond acceptors (Lipinski definition) is 0. The molecule has 0 aromatic rings. The van der Waals surface area contributed by atoms with Gasteiger partial charge in [-0.1, -0.05) is 0 Å². The van der Waals surface area contributed by atoms with E-state index in [1.54, 1.807) is 0 Å². The molecule has 0 saturated carbocycles. The molecular formula is C4HF5. The first kappa shape index (κ1) is 6.51. The van der Waals surface area contributed by atoms with E-state index in [9.17, 15) is 22.0 Å². The molecule has 0 atom stereocenters. The van der Waals surface area contributed by atoms with Gasteiger partial charge in [0.15, 0.2) is 5.83 Å². The monoisotopic (exact) mass is 144 g/mol. The molecule has 1 rings (SSSR count). The largest absolute Gasteiger partial charge is 0.364 e. The Kier molecular flexibility index (Phi) is 0.921. The molecule has 0 aromatic heterocycles. The number of rotatable bonds is 0. The quantitative estimate of drug-likeness (QED) is 0.457. The van der Waals surface area contributed by atoms with Crippen LogP contribution in [-0.4, -0.2) is 11.8 Å². The molecule has 0 aliphatic heterocycles. The molecule has 1 aliphatic rings. The highest BCUT2D eigenvalue weighted by Gasteiger charge is 2.66. The minimum Gasteiger partial charge on any atom is -0.205 e. The Morgan fingerprint density at radius 2 is 1.56 bits per heavy atom. The zero-order chi connectivity index (χ0) is 7.28. The summed E-state index contributed by atoms with van der Waals surface area (Å²) in [4.78, 5) is 0. The van der Waals surface area contributed by atoms with Crippen LogP contribution in [-0.2, 0) is 0 Å². The molecule has 0 saturated heterocycles. The van der Waals surface area contributed by atoms with Crippen molar-refractivity contribution in [3.05, 3.63) is 11.9 Å². The van der Waals surface area contributed by atoms with Gasteiger partial charge in [0.25, 0.3) is 0 Å². The Labute approximate surface area is 47.0 Å². The minimum absolute atomic E-state index is 0.396. The lowest BCUT2D eigenvalue weighted by molar-refractivity contribution is -0.193. The molecule has 0 aromatic carbocycles. The van der Waals surface area contributed by atoms with Crippen LogP contribution in [0.1, 0.15) is 0 Å². The Hall–Kier alpha value is -0.610. The van der Waals surface area contributed by atoms with Gasteiger partial charge in [-0.25, -0.2) is 4.39 Å². The van der Waals surface area contributed by atoms with Gasteiger partial charge in [0.05, 0.1) is 0 Å². The van der Waals surface area contributed by atoms with Crippen molar-refractivity contribution in [3.8, 4) is 0 Å². The molecule has 0 fully saturated rings. The normalized spacial score (nSPS) is 28.8. The Morgan fingerprint density at radius 3 is 1.56 bits per heavy atom. The summed E-state index contributed by atoms with van der Waals surface area (Å²) in [6.45, 7) is 0. The van der Waals surface area contributed by atoms with E-state index in [1.165, 1.54) is 0 Å². The third-order valence-corrected chi connectivity index (χ3v) is 1.03. The standard InChI is InChI=1S/C4HF5/c5-2-1-3(6,7)4(2,8)9/h1H. The second-order valence-corrected chi connectivity index (χ2v) is 1.69. The van der Waals surface area contributed by atoms with Crippen molar-refractivity contribution < 1.29 is 22.0 Å². The fourth-order valence-corrected chi connectivity index (χ4v) is 0.422. The second-order valence-electron chi connectivity index (χ2n) is 1.69. The Balaban J connectivity index is 2.94. The van der Waals surface area contributed by atoms with Crippen molar-refractivity contribution in [3.63, 3.8) is 0 Å². The average Bonchev–Trinajstić information content (AvgIpc) is 1.65. The number of alkyl halides is 4. The van der Waals surface area contributed by atoms with Crippen molar-refractivity contribution in [2.75, 3.05) is 0 Å². The number of hydrogen-bond donors (Lipinski definition) is 0. The van der Waals surface area contributed by atoms with Gasteiger partial charge in [-0.05, 0) is 0 Å². The lowest BCUT2D eigenvalue weighted by Gasteiger charge is -2.29. The maximum absolute atomic E-state index is 11.5. The van der Waals surface area contributed by atoms with Crippen LogP contribution < -0.4 is 0 Å². The molecule has 9 heavy (non-hydrogen) atoms. The van der Waals surface area contributed by atoms with E-state index < -0.39 is 23.7 Å². The van der Waals surface area contributed by atoms with Gasteiger partial charge < -0.3 is 0 Å². The van der Waals surface area contributed by atoms with Gasteiger partial charge >= 0.3 is 11.8 Å². The molecule has 0 spiro atoms. The molecule has 0 radical (unpaired) electrons. The van der Waals surface area contributed by atoms with E-state index in [4.69, 9.17) is 0 Å². The average molecular weight is 144 g/mol. The molecule has 0 N–H and O–H groups in total. The SMILES string of the molecule is FC1=CC(F)(F)C1(F)F. The Morgan fingerprint density at radius 1 is 1.11 bits per heavy atom. The summed E-state index contributed by atoms with van der Waals surface area (Å²) in [5, 5.41) is 0. The van der Waals surface area contributed by atoms with Crippen molar-refractivity contribution in [1.29, 1.82) is 0 Å². The highest BCUT2D eigenvalue weighted by Crippen LogP contribution is 2.50. The summed E-state index contributed by atoms with van der Waals surface area (Å²) in [5.74, 6) is -10.9. The molecule has 0 bridgehead atoms. The number of allylic oxidation sites excluding steroid dienone is 2. The van der Waals surface area contributed by atoms with Crippen molar-refractivity contribution in [2.24, 2.45) is 0 Å². The van der Waals surface area contributed by atoms with Gasteiger partial charge in [-0.3, -0.25) is 0 Å². The molecule has 5 heteroatoms. The van der Waals surface area contributed by atoms with Gasteiger partial charge in [-0.2, -0.15) is 17.6 Å². The fourth-order valence-electron chi connectivity index (χ4n) is 0.422. The first-order chi connectivity index (χ1) is 3.88. The van der Waals surface area contributed by atoms with Crippen LogP contribution in [0.5, 0.6) is 0 Å². The smallest absolute Gasteiger partial charge is 0.205 e. The summed E-state index contributed by atoms with van der Waals surface area (Å²) in [5.41, 5.74) is 0. The van der Waals surface area contributed by atoms with Gasteiger partial charge in [0.2, 0.25) is 0 Å². The highest BCUT2D eigenvalue weighted by molar-refractivity contribution is 5.28. The van der Waals surface area contributed by atoms with Crippen LogP contribution in [0.15, 0.2) is 11.9 Å². The molecular weight excluding hydrogens is 143 g/mol. The molecule has 0 nitrogen and oxygen atoms in total. The van der Waals surface area contributed by atoms with E-state index in [1.807, 2.05) is 0 Å². The lowest BCUT2D eigenvalue weighted by atomic mass is 9.99. The zero-order valence-corrected chi connectivity index (χ0v) is 3.97. The summed E-state index contributed by atoms with van der Waals surface area (Å²) < 4.78 is 57.5. The maximum atomic E-state index is 11.5. The summed E-state index contributed by atoms with van der Waals surface area (Å²) in [7, 11) is 0. The van der Waals surface area contributed by atoms with Crippen molar-refractivity contribution in [2.45, 2.75) is 11.8 Å². The molecule has 1 aliphatic carbocycles. The van der Waals surface area contributed by atoms with Crippen LogP contribution in [0.2, 0.25) is 0 Å². The van der Waals surface area contributed by atoms with Crippen LogP contribution in [0.4, 0.5) is 22.0 Å². The molecule has 0 heterocycles. The van der Waals surface area contributed by atoms with E-state index in [2.05, 4.69) is 0 Å². The first-order valence-electron chi connectivity index (χ1n) is 2.02. The third-order valence-electron chi connectivity index (χ3n) is 1.03. The third kappa shape index (κ3) is 0.571. The van der Waals surface area contributed by atoms with Crippen LogP contribution >= 0.6 is 0 Å². The highest BCUT2D eigenvalue weighted by atomic mass is 19.3. The summed E-state index contributed by atoms with van der Waals surface area (Å²) >= 11 is 0. The first-order valence-corrected chi connectivity index (χ1v) is 2.02. The predicted molar refractivity (Wildman–Crippen MR) is 19.1 cm³/mol. The van der Waals surface area contributed by atoms with E-state index in [0.717, 1.165) is 0 Å². The molecule has 0 amide bonds. The van der Waals surface area contributed by atoms with E-state index in [-0.39, 0.29) is 0 Å².